The third-order valence-electron chi connectivity index (χ3n) is 6.53. The highest BCUT2D eigenvalue weighted by molar-refractivity contribution is 7.32. The summed E-state index contributed by atoms with van der Waals surface area (Å²) >= 11 is 0. The summed E-state index contributed by atoms with van der Waals surface area (Å²) in [4.78, 5) is 0. The van der Waals surface area contributed by atoms with Crippen LogP contribution in [0.5, 0.6) is 11.5 Å². The van der Waals surface area contributed by atoms with Crippen LogP contribution in [-0.2, 0) is 0 Å². The number of aryl methyl sites for hydroxylation is 3. The van der Waals surface area contributed by atoms with Gasteiger partial charge in [0, 0.05) is 21.5 Å². The molecule has 0 bridgehead atoms. The molecule has 0 aliphatic rings. The minimum atomic E-state index is -1.83. The number of hydrogen-bond acceptors (Lipinski definition) is 4. The lowest BCUT2D eigenvalue weighted by Gasteiger charge is -2.11. The zero-order valence-corrected chi connectivity index (χ0v) is 21.0. The third kappa shape index (κ3) is 3.71. The Bertz CT molecular complexity index is 1750. The molecule has 0 N–H and O–H groups in total. The molecule has 6 aromatic rings. The third-order valence-corrected chi connectivity index (χ3v) is 7.54. The maximum Gasteiger partial charge on any atom is 0.453 e. The van der Waals surface area contributed by atoms with E-state index in [4.69, 9.17) is 17.7 Å². The van der Waals surface area contributed by atoms with Crippen LogP contribution in [0.25, 0.3) is 43.5 Å². The first-order valence-electron chi connectivity index (χ1n) is 11.6. The van der Waals surface area contributed by atoms with Crippen LogP contribution in [0.15, 0.2) is 87.3 Å². The van der Waals surface area contributed by atoms with Gasteiger partial charge in [-0.3, -0.25) is 0 Å². The molecule has 1 atom stereocenters. The van der Waals surface area contributed by atoms with E-state index in [1.165, 1.54) is 5.56 Å². The van der Waals surface area contributed by atoms with Gasteiger partial charge in [0.05, 0.1) is 7.11 Å². The quantitative estimate of drug-likeness (QED) is 0.237. The monoisotopic (exact) mass is 480 g/mol. The normalized spacial score (nSPS) is 11.9. The average Bonchev–Trinajstić information content (AvgIpc) is 3.00. The molecule has 0 saturated carbocycles. The van der Waals surface area contributed by atoms with Crippen molar-refractivity contribution >= 4 is 51.7 Å². The first kappa shape index (κ1) is 21.6. The van der Waals surface area contributed by atoms with Gasteiger partial charge in [0.25, 0.3) is 0 Å². The van der Waals surface area contributed by atoms with Gasteiger partial charge < -0.3 is 17.7 Å². The van der Waals surface area contributed by atoms with E-state index >= 15 is 0 Å². The first-order chi connectivity index (χ1) is 17.0. The zero-order valence-electron chi connectivity index (χ0n) is 20.1. The Kier molecular flexibility index (Phi) is 5.20. The Morgan fingerprint density at radius 3 is 2.00 bits per heavy atom. The molecule has 1 aromatic heterocycles. The molecule has 0 radical (unpaired) electrons. The lowest BCUT2D eigenvalue weighted by Crippen LogP contribution is -1.87. The summed E-state index contributed by atoms with van der Waals surface area (Å²) in [7, 11) is -0.168. The molecular weight excluding hydrogens is 455 g/mol. The largest absolute Gasteiger partial charge is 0.493 e. The predicted octanol–water partition coefficient (Wildman–Crippen LogP) is 9.37. The maximum absolute atomic E-state index is 6.64. The molecule has 0 saturated heterocycles. The van der Waals surface area contributed by atoms with Gasteiger partial charge in [-0.15, -0.1) is 0 Å². The summed E-state index contributed by atoms with van der Waals surface area (Å²) < 4.78 is 25.3. The van der Waals surface area contributed by atoms with E-state index in [-0.39, 0.29) is 0 Å². The summed E-state index contributed by atoms with van der Waals surface area (Å²) in [6.45, 7) is 6.25. The molecule has 5 heteroatoms. The molecule has 174 valence electrons. The van der Waals surface area contributed by atoms with Gasteiger partial charge in [-0.25, -0.2) is 0 Å². The minimum Gasteiger partial charge on any atom is -0.493 e. The average molecular weight is 481 g/mol. The van der Waals surface area contributed by atoms with Crippen LogP contribution in [0.4, 0.5) is 0 Å². The van der Waals surface area contributed by atoms with E-state index in [9.17, 15) is 0 Å². The van der Waals surface area contributed by atoms with Crippen molar-refractivity contribution in [1.82, 2.24) is 0 Å². The van der Waals surface area contributed by atoms with Gasteiger partial charge in [-0.1, -0.05) is 48.5 Å². The van der Waals surface area contributed by atoms with Crippen molar-refractivity contribution in [1.29, 1.82) is 0 Å². The predicted molar refractivity (Wildman–Crippen MR) is 145 cm³/mol. The number of benzene rings is 5. The zero-order chi connectivity index (χ0) is 24.1. The van der Waals surface area contributed by atoms with Gasteiger partial charge in [0.2, 0.25) is 0 Å². The fraction of sp³-hybridized carbons (Fsp3) is 0.133. The molecule has 35 heavy (non-hydrogen) atoms. The SMILES string of the molecule is COc1cc(C)cc2c1op(Oc1c3ccccc3cc3ccccc13)oc1cc(C)c(C)cc12. The van der Waals surface area contributed by atoms with Gasteiger partial charge >= 0.3 is 8.24 Å². The van der Waals surface area contributed by atoms with E-state index in [0.29, 0.717) is 11.3 Å². The fourth-order valence-electron chi connectivity index (χ4n) is 4.62. The number of rotatable bonds is 3. The van der Waals surface area contributed by atoms with Gasteiger partial charge in [0.15, 0.2) is 17.1 Å². The van der Waals surface area contributed by atoms with Crippen molar-refractivity contribution in [3.8, 4) is 11.5 Å². The molecular formula is C30H25O4P. The van der Waals surface area contributed by atoms with Crippen LogP contribution in [0, 0.1) is 20.8 Å². The van der Waals surface area contributed by atoms with Gasteiger partial charge in [-0.05, 0) is 78.6 Å². The topological polar surface area (TPSA) is 44.7 Å². The van der Waals surface area contributed by atoms with Crippen molar-refractivity contribution in [2.75, 3.05) is 7.11 Å². The Balaban J connectivity index is 1.71. The van der Waals surface area contributed by atoms with E-state index in [1.54, 1.807) is 7.11 Å². The summed E-state index contributed by atoms with van der Waals surface area (Å²) in [6.07, 6.45) is 0. The number of ether oxygens (including phenoxy) is 1. The first-order valence-corrected chi connectivity index (χ1v) is 12.7. The second kappa shape index (κ2) is 8.41. The summed E-state index contributed by atoms with van der Waals surface area (Å²) in [5.41, 5.74) is 4.80. The Hall–Kier alpha value is -3.88. The van der Waals surface area contributed by atoms with Crippen LogP contribution in [0.2, 0.25) is 0 Å². The summed E-state index contributed by atoms with van der Waals surface area (Å²) in [6, 6.07) is 26.9. The van der Waals surface area contributed by atoms with Crippen LogP contribution in [0.3, 0.4) is 0 Å². The maximum atomic E-state index is 6.64. The van der Waals surface area contributed by atoms with Crippen molar-refractivity contribution in [2.45, 2.75) is 20.8 Å². The molecule has 0 aliphatic heterocycles. The molecule has 1 heterocycles. The second-order valence-electron chi connectivity index (χ2n) is 8.92. The fourth-order valence-corrected chi connectivity index (χ4v) is 5.72. The van der Waals surface area contributed by atoms with Crippen molar-refractivity contribution in [3.05, 3.63) is 95.6 Å². The lowest BCUT2D eigenvalue weighted by molar-refractivity contribution is 0.410. The van der Waals surface area contributed by atoms with Crippen molar-refractivity contribution in [3.63, 3.8) is 0 Å². The Morgan fingerprint density at radius 2 is 1.31 bits per heavy atom. The highest BCUT2D eigenvalue weighted by Gasteiger charge is 2.17. The highest BCUT2D eigenvalue weighted by Crippen LogP contribution is 2.44. The summed E-state index contributed by atoms with van der Waals surface area (Å²) in [5, 5.41) is 6.15. The van der Waals surface area contributed by atoms with E-state index in [0.717, 1.165) is 54.8 Å². The molecule has 0 spiro atoms. The number of hydrogen-bond donors (Lipinski definition) is 0. The smallest absolute Gasteiger partial charge is 0.453 e. The highest BCUT2D eigenvalue weighted by atomic mass is 31.1. The van der Waals surface area contributed by atoms with Crippen molar-refractivity contribution in [2.24, 2.45) is 0 Å². The Morgan fingerprint density at radius 1 is 0.657 bits per heavy atom. The van der Waals surface area contributed by atoms with Crippen molar-refractivity contribution < 1.29 is 17.7 Å². The van der Waals surface area contributed by atoms with Crippen LogP contribution in [-0.4, -0.2) is 7.11 Å². The lowest BCUT2D eigenvalue weighted by atomic mass is 10.0. The number of fused-ring (bicyclic) bond motifs is 5. The van der Waals surface area contributed by atoms with Crippen LogP contribution >= 0.6 is 8.24 Å². The van der Waals surface area contributed by atoms with Gasteiger partial charge in [0.1, 0.15) is 5.58 Å². The van der Waals surface area contributed by atoms with Gasteiger partial charge in [-0.2, -0.15) is 0 Å². The van der Waals surface area contributed by atoms with E-state index in [2.05, 4.69) is 69.3 Å². The Labute approximate surface area is 204 Å². The van der Waals surface area contributed by atoms with Crippen LogP contribution in [0.1, 0.15) is 16.7 Å². The standard InChI is InChI=1S/C30H25O4P/c1-18-13-26-25-15-19(2)20(3)16-27(25)32-35(34-30(26)28(14-18)31-4)33-29-23-11-7-5-9-21(23)17-22-10-6-8-12-24(22)29/h5-17H,1-4H3. The molecule has 4 nitrogen and oxygen atoms in total. The molecule has 5 aromatic carbocycles. The van der Waals surface area contributed by atoms with Crippen LogP contribution < -0.4 is 9.26 Å². The second-order valence-corrected chi connectivity index (χ2v) is 9.92. The van der Waals surface area contributed by atoms with E-state index in [1.807, 2.05) is 30.3 Å². The minimum absolute atomic E-state index is 0.635. The summed E-state index contributed by atoms with van der Waals surface area (Å²) in [5.74, 6) is 1.42. The molecule has 0 aliphatic carbocycles. The molecule has 1 unspecified atom stereocenters. The number of methoxy groups -OCH3 is 1. The van der Waals surface area contributed by atoms with E-state index < -0.39 is 8.24 Å². The molecule has 6 rings (SSSR count). The molecule has 0 amide bonds. The molecule has 0 fully saturated rings.